The second-order valence-corrected chi connectivity index (χ2v) is 3.35. The van der Waals surface area contributed by atoms with Crippen LogP contribution in [-0.2, 0) is 0 Å². The first-order valence-corrected chi connectivity index (χ1v) is 4.64. The SMILES string of the molecule is CCC[CH]c1cc(C)ccc1C. The summed E-state index contributed by atoms with van der Waals surface area (Å²) in [6.45, 7) is 6.52. The van der Waals surface area contributed by atoms with Crippen molar-refractivity contribution in [2.45, 2.75) is 33.6 Å². The Hall–Kier alpha value is -0.780. The van der Waals surface area contributed by atoms with Gasteiger partial charge in [-0.2, -0.15) is 0 Å². The summed E-state index contributed by atoms with van der Waals surface area (Å²) >= 11 is 0. The highest BCUT2D eigenvalue weighted by atomic mass is 14.0. The van der Waals surface area contributed by atoms with Crippen molar-refractivity contribution < 1.29 is 0 Å². The summed E-state index contributed by atoms with van der Waals surface area (Å²) in [5.74, 6) is 0. The fourth-order valence-electron chi connectivity index (χ4n) is 1.28. The maximum atomic E-state index is 2.32. The van der Waals surface area contributed by atoms with Crippen LogP contribution in [0.2, 0.25) is 0 Å². The van der Waals surface area contributed by atoms with E-state index in [2.05, 4.69) is 45.4 Å². The Bertz CT molecular complexity index is 248. The zero-order chi connectivity index (χ0) is 8.97. The molecule has 0 atom stereocenters. The standard InChI is InChI=1S/C12H17/c1-4-5-6-12-9-10(2)7-8-11(12)3/h6-9H,4-5H2,1-3H3. The van der Waals surface area contributed by atoms with E-state index >= 15 is 0 Å². The molecular formula is C12H17. The third-order valence-electron chi connectivity index (χ3n) is 2.09. The Morgan fingerprint density at radius 2 is 2.00 bits per heavy atom. The largest absolute Gasteiger partial charge is 0.0654 e. The van der Waals surface area contributed by atoms with Crippen LogP contribution in [0.3, 0.4) is 0 Å². The summed E-state index contributed by atoms with van der Waals surface area (Å²) in [7, 11) is 0. The molecule has 0 saturated heterocycles. The Morgan fingerprint density at radius 1 is 1.25 bits per heavy atom. The molecular weight excluding hydrogens is 144 g/mol. The molecule has 1 radical (unpaired) electrons. The second-order valence-electron chi connectivity index (χ2n) is 3.35. The lowest BCUT2D eigenvalue weighted by Gasteiger charge is -2.05. The van der Waals surface area contributed by atoms with Gasteiger partial charge in [0.25, 0.3) is 0 Å². The molecule has 0 amide bonds. The number of unbranched alkanes of at least 4 members (excludes halogenated alkanes) is 1. The van der Waals surface area contributed by atoms with E-state index in [-0.39, 0.29) is 0 Å². The topological polar surface area (TPSA) is 0 Å². The van der Waals surface area contributed by atoms with E-state index in [1.54, 1.807) is 0 Å². The molecule has 0 heteroatoms. The lowest BCUT2D eigenvalue weighted by atomic mass is 10.0. The minimum Gasteiger partial charge on any atom is -0.0654 e. The normalized spacial score (nSPS) is 10.2. The quantitative estimate of drug-likeness (QED) is 0.634. The zero-order valence-corrected chi connectivity index (χ0v) is 8.22. The van der Waals surface area contributed by atoms with Gasteiger partial charge in [0, 0.05) is 0 Å². The molecule has 65 valence electrons. The molecule has 0 spiro atoms. The third kappa shape index (κ3) is 2.37. The summed E-state index contributed by atoms with van der Waals surface area (Å²) < 4.78 is 0. The van der Waals surface area contributed by atoms with E-state index in [4.69, 9.17) is 0 Å². The minimum absolute atomic E-state index is 1.18. The van der Waals surface area contributed by atoms with E-state index in [0.717, 1.165) is 0 Å². The highest BCUT2D eigenvalue weighted by Crippen LogP contribution is 2.14. The van der Waals surface area contributed by atoms with Crippen molar-refractivity contribution >= 4 is 0 Å². The van der Waals surface area contributed by atoms with E-state index in [9.17, 15) is 0 Å². The van der Waals surface area contributed by atoms with Gasteiger partial charge < -0.3 is 0 Å². The summed E-state index contributed by atoms with van der Waals surface area (Å²) in [5.41, 5.74) is 4.13. The molecule has 0 aromatic heterocycles. The van der Waals surface area contributed by atoms with Crippen LogP contribution in [0.1, 0.15) is 36.5 Å². The van der Waals surface area contributed by atoms with Crippen LogP contribution in [0.25, 0.3) is 0 Å². The predicted octanol–water partition coefficient (Wildman–Crippen LogP) is 3.66. The monoisotopic (exact) mass is 161 g/mol. The van der Waals surface area contributed by atoms with Crippen LogP contribution in [0.4, 0.5) is 0 Å². The average molecular weight is 161 g/mol. The number of hydrogen-bond acceptors (Lipinski definition) is 0. The maximum Gasteiger partial charge on any atom is -0.00904 e. The van der Waals surface area contributed by atoms with E-state index < -0.39 is 0 Å². The Morgan fingerprint density at radius 3 is 2.67 bits per heavy atom. The van der Waals surface area contributed by atoms with Crippen molar-refractivity contribution in [1.29, 1.82) is 0 Å². The molecule has 0 saturated carbocycles. The van der Waals surface area contributed by atoms with E-state index in [1.165, 1.54) is 29.5 Å². The fourth-order valence-corrected chi connectivity index (χ4v) is 1.28. The van der Waals surface area contributed by atoms with Crippen molar-refractivity contribution in [1.82, 2.24) is 0 Å². The number of rotatable bonds is 3. The highest BCUT2D eigenvalue weighted by molar-refractivity contribution is 5.35. The number of aryl methyl sites for hydroxylation is 2. The molecule has 0 aliphatic rings. The van der Waals surface area contributed by atoms with Gasteiger partial charge in [-0.05, 0) is 37.8 Å². The molecule has 0 N–H and O–H groups in total. The molecule has 0 heterocycles. The van der Waals surface area contributed by atoms with Gasteiger partial charge in [-0.3, -0.25) is 0 Å². The minimum atomic E-state index is 1.18. The van der Waals surface area contributed by atoms with Crippen LogP contribution >= 0.6 is 0 Å². The molecule has 12 heavy (non-hydrogen) atoms. The average Bonchev–Trinajstić information content (AvgIpc) is 2.07. The smallest absolute Gasteiger partial charge is 0.00904 e. The van der Waals surface area contributed by atoms with Crippen molar-refractivity contribution in [2.24, 2.45) is 0 Å². The fraction of sp³-hybridized carbons (Fsp3) is 0.417. The maximum absolute atomic E-state index is 2.32. The predicted molar refractivity (Wildman–Crippen MR) is 54.2 cm³/mol. The van der Waals surface area contributed by atoms with Crippen molar-refractivity contribution in [3.63, 3.8) is 0 Å². The van der Waals surface area contributed by atoms with Gasteiger partial charge >= 0.3 is 0 Å². The van der Waals surface area contributed by atoms with Crippen LogP contribution in [0.5, 0.6) is 0 Å². The van der Waals surface area contributed by atoms with E-state index in [1.807, 2.05) is 0 Å². The molecule has 1 aromatic carbocycles. The van der Waals surface area contributed by atoms with Crippen molar-refractivity contribution in [2.75, 3.05) is 0 Å². The molecule has 0 bridgehead atoms. The van der Waals surface area contributed by atoms with Gasteiger partial charge in [-0.1, -0.05) is 37.1 Å². The van der Waals surface area contributed by atoms with Gasteiger partial charge in [0.1, 0.15) is 0 Å². The van der Waals surface area contributed by atoms with Crippen molar-refractivity contribution in [3.8, 4) is 0 Å². The van der Waals surface area contributed by atoms with Gasteiger partial charge in [-0.15, -0.1) is 0 Å². The van der Waals surface area contributed by atoms with Crippen LogP contribution in [0, 0.1) is 20.3 Å². The Kier molecular flexibility index (Phi) is 3.33. The number of hydrogen-bond donors (Lipinski definition) is 0. The molecule has 0 aliphatic heterocycles. The zero-order valence-electron chi connectivity index (χ0n) is 8.22. The van der Waals surface area contributed by atoms with Gasteiger partial charge in [0.15, 0.2) is 0 Å². The Labute approximate surface area is 75.6 Å². The van der Waals surface area contributed by atoms with Crippen LogP contribution < -0.4 is 0 Å². The highest BCUT2D eigenvalue weighted by Gasteiger charge is 1.97. The molecule has 1 rings (SSSR count). The van der Waals surface area contributed by atoms with E-state index in [0.29, 0.717) is 0 Å². The lowest BCUT2D eigenvalue weighted by Crippen LogP contribution is -1.87. The molecule has 0 fully saturated rings. The van der Waals surface area contributed by atoms with Crippen LogP contribution in [0.15, 0.2) is 18.2 Å². The van der Waals surface area contributed by atoms with Crippen molar-refractivity contribution in [3.05, 3.63) is 41.3 Å². The lowest BCUT2D eigenvalue weighted by molar-refractivity contribution is 0.910. The first kappa shape index (κ1) is 9.31. The molecule has 1 aromatic rings. The Balaban J connectivity index is 2.75. The van der Waals surface area contributed by atoms with Gasteiger partial charge in [-0.25, -0.2) is 0 Å². The first-order chi connectivity index (χ1) is 5.74. The van der Waals surface area contributed by atoms with Crippen LogP contribution in [-0.4, -0.2) is 0 Å². The second kappa shape index (κ2) is 4.30. The first-order valence-electron chi connectivity index (χ1n) is 4.64. The van der Waals surface area contributed by atoms with Gasteiger partial charge in [0.05, 0.1) is 0 Å². The summed E-state index contributed by atoms with van der Waals surface area (Å²) in [4.78, 5) is 0. The summed E-state index contributed by atoms with van der Waals surface area (Å²) in [6.07, 6.45) is 4.74. The molecule has 0 aliphatic carbocycles. The third-order valence-corrected chi connectivity index (χ3v) is 2.09. The number of benzene rings is 1. The van der Waals surface area contributed by atoms with Gasteiger partial charge in [0.2, 0.25) is 0 Å². The summed E-state index contributed by atoms with van der Waals surface area (Å²) in [6, 6.07) is 6.61. The molecule has 0 unspecified atom stereocenters. The molecule has 0 nitrogen and oxygen atoms in total. The summed E-state index contributed by atoms with van der Waals surface area (Å²) in [5, 5.41) is 0.